The van der Waals surface area contributed by atoms with Gasteiger partial charge in [-0.15, -0.1) is 0 Å². The molecule has 2 aromatic carbocycles. The maximum atomic E-state index is 12.3. The maximum absolute atomic E-state index is 12.3. The highest BCUT2D eigenvalue weighted by molar-refractivity contribution is 5.95. The van der Waals surface area contributed by atoms with Gasteiger partial charge in [0, 0.05) is 38.0 Å². The lowest BCUT2D eigenvalue weighted by molar-refractivity contribution is -0.385. The number of amides is 1. The third kappa shape index (κ3) is 4.69. The Hall–Kier alpha value is -3.09. The minimum atomic E-state index is -0.554. The first-order valence-corrected chi connectivity index (χ1v) is 7.88. The molecule has 2 rings (SSSR count). The minimum Gasteiger partial charge on any atom is -0.487 e. The van der Waals surface area contributed by atoms with Gasteiger partial charge in [-0.3, -0.25) is 14.9 Å². The van der Waals surface area contributed by atoms with Gasteiger partial charge in [-0.25, -0.2) is 0 Å². The number of ether oxygens (including phenoxy) is 1. The fourth-order valence-electron chi connectivity index (χ4n) is 2.28. The number of hydrogen-bond donors (Lipinski definition) is 1. The van der Waals surface area contributed by atoms with Crippen LogP contribution in [-0.4, -0.2) is 31.5 Å². The van der Waals surface area contributed by atoms with Gasteiger partial charge in [-0.05, 0) is 36.8 Å². The first-order valence-electron chi connectivity index (χ1n) is 7.88. The van der Waals surface area contributed by atoms with Crippen molar-refractivity contribution < 1.29 is 14.5 Å². The van der Waals surface area contributed by atoms with Gasteiger partial charge in [-0.2, -0.15) is 0 Å². The summed E-state index contributed by atoms with van der Waals surface area (Å²) in [4.78, 5) is 24.8. The van der Waals surface area contributed by atoms with E-state index in [-0.39, 0.29) is 22.9 Å². The van der Waals surface area contributed by atoms with E-state index < -0.39 is 4.92 Å². The van der Waals surface area contributed by atoms with Gasteiger partial charge in [0.05, 0.1) is 11.5 Å². The lowest BCUT2D eigenvalue weighted by atomic mass is 10.1. The summed E-state index contributed by atoms with van der Waals surface area (Å²) >= 11 is 0. The molecule has 0 saturated carbocycles. The van der Waals surface area contributed by atoms with Crippen LogP contribution in [0.4, 0.5) is 11.4 Å². The summed E-state index contributed by atoms with van der Waals surface area (Å²) in [5, 5.41) is 13.9. The van der Waals surface area contributed by atoms with Crippen molar-refractivity contribution in [3.63, 3.8) is 0 Å². The van der Waals surface area contributed by atoms with Crippen LogP contribution in [0.1, 0.15) is 22.8 Å². The Balaban J connectivity index is 2.07. The molecule has 0 heterocycles. The number of rotatable bonds is 7. The smallest absolute Gasteiger partial charge is 0.311 e. The average molecular weight is 343 g/mol. The monoisotopic (exact) mass is 343 g/mol. The molecule has 0 aliphatic heterocycles. The van der Waals surface area contributed by atoms with E-state index in [0.717, 1.165) is 11.3 Å². The summed E-state index contributed by atoms with van der Waals surface area (Å²) < 4.78 is 5.22. The zero-order valence-electron chi connectivity index (χ0n) is 14.5. The Morgan fingerprint density at radius 2 is 1.88 bits per heavy atom. The van der Waals surface area contributed by atoms with E-state index >= 15 is 0 Å². The Labute approximate surface area is 146 Å². The summed E-state index contributed by atoms with van der Waals surface area (Å²) in [5.41, 5.74) is 2.02. The van der Waals surface area contributed by atoms with Gasteiger partial charge in [0.15, 0.2) is 5.75 Å². The van der Waals surface area contributed by atoms with Crippen LogP contribution in [0.25, 0.3) is 0 Å². The van der Waals surface area contributed by atoms with Crippen molar-refractivity contribution in [3.8, 4) is 5.75 Å². The van der Waals surface area contributed by atoms with Crippen molar-refractivity contribution in [1.29, 1.82) is 0 Å². The predicted molar refractivity (Wildman–Crippen MR) is 96.2 cm³/mol. The second-order valence-corrected chi connectivity index (χ2v) is 5.62. The predicted octanol–water partition coefficient (Wildman–Crippen LogP) is 2.99. The molecule has 0 atom stereocenters. The van der Waals surface area contributed by atoms with Gasteiger partial charge in [0.2, 0.25) is 0 Å². The van der Waals surface area contributed by atoms with Crippen molar-refractivity contribution in [1.82, 2.24) is 5.32 Å². The molecule has 0 saturated heterocycles. The number of nitrogens with zero attached hydrogens (tertiary/aromatic N) is 2. The van der Waals surface area contributed by atoms with Crippen molar-refractivity contribution >= 4 is 17.3 Å². The largest absolute Gasteiger partial charge is 0.487 e. The molecule has 0 aliphatic carbocycles. The highest BCUT2D eigenvalue weighted by Gasteiger charge is 2.18. The molecule has 0 aromatic heterocycles. The third-order valence-corrected chi connectivity index (χ3v) is 3.62. The number of carbonyl (C=O) groups excluding carboxylic acids is 1. The van der Waals surface area contributed by atoms with Gasteiger partial charge in [0.1, 0.15) is 0 Å². The van der Waals surface area contributed by atoms with E-state index in [4.69, 9.17) is 4.74 Å². The fraction of sp³-hybridized carbons (Fsp3) is 0.278. The number of nitro groups is 1. The average Bonchev–Trinajstić information content (AvgIpc) is 2.60. The zero-order valence-corrected chi connectivity index (χ0v) is 14.5. The highest BCUT2D eigenvalue weighted by Crippen LogP contribution is 2.28. The topological polar surface area (TPSA) is 84.7 Å². The SMILES string of the molecule is CCOc1ccc(C(=O)NCc2ccc(N(C)C)cc2)cc1[N+](=O)[O-]. The number of benzene rings is 2. The van der Waals surface area contributed by atoms with Gasteiger partial charge in [0.25, 0.3) is 5.91 Å². The summed E-state index contributed by atoms with van der Waals surface area (Å²) in [6.07, 6.45) is 0. The first-order chi connectivity index (χ1) is 11.9. The molecule has 2 aromatic rings. The molecule has 7 heteroatoms. The molecule has 0 bridgehead atoms. The van der Waals surface area contributed by atoms with Gasteiger partial charge < -0.3 is 15.0 Å². The zero-order chi connectivity index (χ0) is 18.4. The van der Waals surface area contributed by atoms with E-state index in [1.165, 1.54) is 18.2 Å². The Morgan fingerprint density at radius 1 is 1.20 bits per heavy atom. The molecule has 25 heavy (non-hydrogen) atoms. The summed E-state index contributed by atoms with van der Waals surface area (Å²) in [5.74, 6) is -0.217. The second-order valence-electron chi connectivity index (χ2n) is 5.62. The van der Waals surface area contributed by atoms with E-state index in [1.54, 1.807) is 6.92 Å². The van der Waals surface area contributed by atoms with Crippen molar-refractivity contribution in [3.05, 3.63) is 63.7 Å². The van der Waals surface area contributed by atoms with Crippen LogP contribution in [0, 0.1) is 10.1 Å². The van der Waals surface area contributed by atoms with Crippen LogP contribution in [0.5, 0.6) is 5.75 Å². The molecule has 0 unspecified atom stereocenters. The fourth-order valence-corrected chi connectivity index (χ4v) is 2.28. The molecule has 132 valence electrons. The molecular formula is C18H21N3O4. The maximum Gasteiger partial charge on any atom is 0.311 e. The normalized spacial score (nSPS) is 10.2. The number of hydrogen-bond acceptors (Lipinski definition) is 5. The summed E-state index contributed by atoms with van der Waals surface area (Å²) in [6, 6.07) is 12.0. The van der Waals surface area contributed by atoms with Crippen LogP contribution >= 0.6 is 0 Å². The third-order valence-electron chi connectivity index (χ3n) is 3.62. The quantitative estimate of drug-likeness (QED) is 0.617. The second kappa shape index (κ2) is 8.14. The molecule has 7 nitrogen and oxygen atoms in total. The van der Waals surface area contributed by atoms with Crippen LogP contribution < -0.4 is 15.0 Å². The van der Waals surface area contributed by atoms with Crippen molar-refractivity contribution in [2.45, 2.75) is 13.5 Å². The molecule has 0 fully saturated rings. The summed E-state index contributed by atoms with van der Waals surface area (Å²) in [7, 11) is 3.91. The highest BCUT2D eigenvalue weighted by atomic mass is 16.6. The van der Waals surface area contributed by atoms with E-state index in [9.17, 15) is 14.9 Å². The Kier molecular flexibility index (Phi) is 5.94. The van der Waals surface area contributed by atoms with Crippen molar-refractivity contribution in [2.24, 2.45) is 0 Å². The Morgan fingerprint density at radius 3 is 2.44 bits per heavy atom. The molecule has 1 N–H and O–H groups in total. The molecular weight excluding hydrogens is 322 g/mol. The van der Waals surface area contributed by atoms with Crippen LogP contribution in [0.15, 0.2) is 42.5 Å². The number of carbonyl (C=O) groups is 1. The Bertz CT molecular complexity index is 757. The first kappa shape index (κ1) is 18.3. The number of nitro benzene ring substituents is 1. The summed E-state index contributed by atoms with van der Waals surface area (Å²) in [6.45, 7) is 2.40. The molecule has 0 aliphatic rings. The van der Waals surface area contributed by atoms with Crippen LogP contribution in [0.2, 0.25) is 0 Å². The van der Waals surface area contributed by atoms with Gasteiger partial charge >= 0.3 is 5.69 Å². The lowest BCUT2D eigenvalue weighted by Gasteiger charge is -2.13. The van der Waals surface area contributed by atoms with E-state index in [2.05, 4.69) is 5.32 Å². The number of nitrogens with one attached hydrogen (secondary N) is 1. The molecule has 0 spiro atoms. The minimum absolute atomic E-state index is 0.156. The van der Waals surface area contributed by atoms with Gasteiger partial charge in [-0.1, -0.05) is 12.1 Å². The number of anilines is 1. The van der Waals surface area contributed by atoms with Crippen LogP contribution in [0.3, 0.4) is 0 Å². The van der Waals surface area contributed by atoms with Crippen LogP contribution in [-0.2, 0) is 6.54 Å². The van der Waals surface area contributed by atoms with E-state index in [1.807, 2.05) is 43.3 Å². The van der Waals surface area contributed by atoms with Crippen molar-refractivity contribution in [2.75, 3.05) is 25.6 Å². The molecule has 1 amide bonds. The standard InChI is InChI=1S/C18H21N3O4/c1-4-25-17-10-7-14(11-16(17)21(23)24)18(22)19-12-13-5-8-15(9-6-13)20(2)3/h5-11H,4,12H2,1-3H3,(H,19,22). The lowest BCUT2D eigenvalue weighted by Crippen LogP contribution is -2.23. The van der Waals surface area contributed by atoms with E-state index in [0.29, 0.717) is 13.2 Å². The molecule has 0 radical (unpaired) electrons.